The van der Waals surface area contributed by atoms with Crippen molar-refractivity contribution >= 4 is 29.2 Å². The van der Waals surface area contributed by atoms with Gasteiger partial charge in [-0.1, -0.05) is 18.2 Å². The fourth-order valence-electron chi connectivity index (χ4n) is 6.73. The van der Waals surface area contributed by atoms with Crippen LogP contribution in [0.1, 0.15) is 51.0 Å². The third kappa shape index (κ3) is 4.37. The molecule has 4 aliphatic carbocycles. The molecule has 0 spiro atoms. The highest BCUT2D eigenvalue weighted by Crippen LogP contribution is 2.54. The Balaban J connectivity index is 1.32. The minimum Gasteiger partial charge on any atom is -0.446 e. The van der Waals surface area contributed by atoms with E-state index in [9.17, 15) is 14.4 Å². The third-order valence-corrected chi connectivity index (χ3v) is 8.03. The van der Waals surface area contributed by atoms with Crippen LogP contribution in [-0.2, 0) is 20.7 Å². The summed E-state index contributed by atoms with van der Waals surface area (Å²) in [5.41, 5.74) is 0.706. The molecule has 0 radical (unpaired) electrons. The number of rotatable bonds is 8. The molecule has 4 bridgehead atoms. The van der Waals surface area contributed by atoms with Gasteiger partial charge in [-0.3, -0.25) is 4.79 Å². The van der Waals surface area contributed by atoms with E-state index in [-0.39, 0.29) is 25.0 Å². The van der Waals surface area contributed by atoms with Gasteiger partial charge in [0.15, 0.2) is 0 Å². The quantitative estimate of drug-likeness (QED) is 0.421. The maximum Gasteiger partial charge on any atom is 0.408 e. The number of aromatic amines is 1. The summed E-state index contributed by atoms with van der Waals surface area (Å²) in [5, 5.41) is 6.72. The Labute approximate surface area is 194 Å². The van der Waals surface area contributed by atoms with Gasteiger partial charge in [-0.25, -0.2) is 4.79 Å². The molecule has 7 nitrogen and oxygen atoms in total. The Hall–Kier alpha value is -2.83. The van der Waals surface area contributed by atoms with Crippen LogP contribution in [0.15, 0.2) is 30.5 Å². The van der Waals surface area contributed by atoms with Crippen molar-refractivity contribution in [1.82, 2.24) is 15.6 Å². The first-order valence-corrected chi connectivity index (χ1v) is 12.2. The van der Waals surface area contributed by atoms with E-state index in [1.165, 1.54) is 6.42 Å². The molecular formula is C26H33N3O4. The Bertz CT molecular complexity index is 1020. The Morgan fingerprint density at radius 3 is 2.52 bits per heavy atom. The highest BCUT2D eigenvalue weighted by molar-refractivity contribution is 5.91. The summed E-state index contributed by atoms with van der Waals surface area (Å²) in [7, 11) is 0. The second kappa shape index (κ2) is 8.84. The number of carbonyl (C=O) groups is 3. The fraction of sp³-hybridized carbons (Fsp3) is 0.577. The summed E-state index contributed by atoms with van der Waals surface area (Å²) < 4.78 is 6.01. The molecule has 4 saturated carbocycles. The minimum absolute atomic E-state index is 0.0479. The molecule has 4 aliphatic rings. The van der Waals surface area contributed by atoms with E-state index < -0.39 is 11.6 Å². The average Bonchev–Trinajstić information content (AvgIpc) is 3.18. The molecule has 7 heteroatoms. The van der Waals surface area contributed by atoms with E-state index in [2.05, 4.69) is 15.6 Å². The van der Waals surface area contributed by atoms with E-state index in [0.717, 1.165) is 60.3 Å². The number of carbonyl (C=O) groups excluding carboxylic acids is 3. The van der Waals surface area contributed by atoms with Gasteiger partial charge in [-0.2, -0.15) is 0 Å². The van der Waals surface area contributed by atoms with Crippen LogP contribution in [0.3, 0.4) is 0 Å². The third-order valence-electron chi connectivity index (χ3n) is 8.03. The SMILES string of the molecule is C[C@](Cc1c[nH]c2ccccc12)(NC(=O)OC1C2CC3CC(C2)CC1C3)C(=O)NCCC=O. The summed E-state index contributed by atoms with van der Waals surface area (Å²) in [6.07, 6.45) is 8.58. The number of amides is 2. The van der Waals surface area contributed by atoms with E-state index in [4.69, 9.17) is 4.74 Å². The normalized spacial score (nSPS) is 29.4. The van der Waals surface area contributed by atoms with Gasteiger partial charge in [0.1, 0.15) is 17.9 Å². The van der Waals surface area contributed by atoms with Crippen LogP contribution >= 0.6 is 0 Å². The van der Waals surface area contributed by atoms with E-state index in [1.54, 1.807) is 6.92 Å². The molecule has 0 saturated heterocycles. The predicted octanol–water partition coefficient (Wildman–Crippen LogP) is 3.73. The molecule has 1 heterocycles. The molecule has 2 aromatic rings. The molecule has 0 aliphatic heterocycles. The van der Waals surface area contributed by atoms with Crippen molar-refractivity contribution in [1.29, 1.82) is 0 Å². The Morgan fingerprint density at radius 2 is 1.82 bits per heavy atom. The maximum absolute atomic E-state index is 13.2. The molecule has 2 amide bonds. The number of para-hydroxylation sites is 1. The lowest BCUT2D eigenvalue weighted by Crippen LogP contribution is -2.59. The van der Waals surface area contributed by atoms with Crippen molar-refractivity contribution in [2.24, 2.45) is 23.7 Å². The molecule has 4 fully saturated rings. The number of hydrogen-bond donors (Lipinski definition) is 3. The summed E-state index contributed by atoms with van der Waals surface area (Å²) in [5.74, 6) is 2.18. The van der Waals surface area contributed by atoms with Crippen molar-refractivity contribution in [3.8, 4) is 0 Å². The second-order valence-electron chi connectivity index (χ2n) is 10.5. The first-order chi connectivity index (χ1) is 15.9. The number of ether oxygens (including phenoxy) is 1. The van der Waals surface area contributed by atoms with Gasteiger partial charge in [0.25, 0.3) is 0 Å². The first-order valence-electron chi connectivity index (χ1n) is 12.2. The van der Waals surface area contributed by atoms with Gasteiger partial charge < -0.3 is 25.1 Å². The van der Waals surface area contributed by atoms with Crippen molar-refractivity contribution in [2.75, 3.05) is 6.54 Å². The van der Waals surface area contributed by atoms with Crippen LogP contribution in [0.5, 0.6) is 0 Å². The van der Waals surface area contributed by atoms with Gasteiger partial charge in [0.05, 0.1) is 0 Å². The molecular weight excluding hydrogens is 418 g/mol. The topological polar surface area (TPSA) is 100 Å². The molecule has 176 valence electrons. The zero-order valence-corrected chi connectivity index (χ0v) is 19.1. The van der Waals surface area contributed by atoms with Crippen molar-refractivity contribution in [3.63, 3.8) is 0 Å². The van der Waals surface area contributed by atoms with Gasteiger partial charge in [-0.05, 0) is 74.3 Å². The van der Waals surface area contributed by atoms with Gasteiger partial charge >= 0.3 is 6.09 Å². The van der Waals surface area contributed by atoms with Crippen LogP contribution in [0.25, 0.3) is 10.9 Å². The van der Waals surface area contributed by atoms with Gasteiger partial charge in [0.2, 0.25) is 5.91 Å². The summed E-state index contributed by atoms with van der Waals surface area (Å²) in [4.78, 5) is 40.2. The van der Waals surface area contributed by atoms with E-state index >= 15 is 0 Å². The minimum atomic E-state index is -1.21. The van der Waals surface area contributed by atoms with Crippen LogP contribution in [0.2, 0.25) is 0 Å². The lowest BCUT2D eigenvalue weighted by Gasteiger charge is -2.53. The van der Waals surface area contributed by atoms with Crippen LogP contribution in [0, 0.1) is 23.7 Å². The van der Waals surface area contributed by atoms with Crippen molar-refractivity contribution < 1.29 is 19.1 Å². The number of aldehydes is 1. The first kappa shape index (κ1) is 22.0. The second-order valence-corrected chi connectivity index (χ2v) is 10.5. The average molecular weight is 452 g/mol. The zero-order valence-electron chi connectivity index (χ0n) is 19.1. The highest BCUT2D eigenvalue weighted by Gasteiger charge is 2.50. The highest BCUT2D eigenvalue weighted by atomic mass is 16.6. The van der Waals surface area contributed by atoms with E-state index in [0.29, 0.717) is 18.3 Å². The number of nitrogens with one attached hydrogen (secondary N) is 3. The standard InChI is InChI=1S/C26H33N3O4/c1-26(24(31)27-7-4-8-30,14-20-15-28-22-6-3-2-5-21(20)22)29-25(32)33-23-18-10-16-9-17(12-18)13-19(23)11-16/h2-3,5-6,8,15-19,23,28H,4,7,9-14H2,1H3,(H,27,31)(H,29,32)/t16?,17?,18?,19?,23?,26-/m1/s1. The van der Waals surface area contributed by atoms with E-state index in [1.807, 2.05) is 30.5 Å². The lowest BCUT2D eigenvalue weighted by molar-refractivity contribution is -0.127. The van der Waals surface area contributed by atoms with Crippen LogP contribution < -0.4 is 10.6 Å². The molecule has 6 rings (SSSR count). The number of alkyl carbamates (subject to hydrolysis) is 1. The number of aromatic nitrogens is 1. The Kier molecular flexibility index (Phi) is 5.89. The molecule has 1 atom stereocenters. The smallest absolute Gasteiger partial charge is 0.408 e. The molecule has 1 aromatic carbocycles. The fourth-order valence-corrected chi connectivity index (χ4v) is 6.73. The monoisotopic (exact) mass is 451 g/mol. The molecule has 0 unspecified atom stereocenters. The van der Waals surface area contributed by atoms with Crippen molar-refractivity contribution in [2.45, 2.75) is 63.5 Å². The molecule has 33 heavy (non-hydrogen) atoms. The van der Waals surface area contributed by atoms with Crippen LogP contribution in [0.4, 0.5) is 4.79 Å². The van der Waals surface area contributed by atoms with Gasteiger partial charge in [0, 0.05) is 36.5 Å². The Morgan fingerprint density at radius 1 is 1.12 bits per heavy atom. The zero-order chi connectivity index (χ0) is 23.0. The van der Waals surface area contributed by atoms with Crippen molar-refractivity contribution in [3.05, 3.63) is 36.0 Å². The lowest BCUT2D eigenvalue weighted by atomic mass is 9.55. The summed E-state index contributed by atoms with van der Waals surface area (Å²) >= 11 is 0. The number of hydrogen-bond acceptors (Lipinski definition) is 4. The molecule has 3 N–H and O–H groups in total. The number of fused-ring (bicyclic) bond motifs is 1. The predicted molar refractivity (Wildman–Crippen MR) is 125 cm³/mol. The number of benzene rings is 1. The maximum atomic E-state index is 13.2. The molecule has 1 aromatic heterocycles. The summed E-state index contributed by atoms with van der Waals surface area (Å²) in [6.45, 7) is 1.96. The number of H-pyrrole nitrogens is 1. The van der Waals surface area contributed by atoms with Crippen LogP contribution in [-0.4, -0.2) is 41.5 Å². The van der Waals surface area contributed by atoms with Gasteiger partial charge in [-0.15, -0.1) is 0 Å². The largest absolute Gasteiger partial charge is 0.446 e. The summed E-state index contributed by atoms with van der Waals surface area (Å²) in [6, 6.07) is 7.89.